The highest BCUT2D eigenvalue weighted by atomic mass is 35.5. The lowest BCUT2D eigenvalue weighted by atomic mass is 10.2. The molecule has 0 saturated heterocycles. The molecule has 0 spiro atoms. The molecule has 2 aromatic rings. The molecule has 0 fully saturated rings. The van der Waals surface area contributed by atoms with Crippen LogP contribution in [0.15, 0.2) is 30.3 Å². The smallest absolute Gasteiger partial charge is 0.248 e. The molecule has 0 bridgehead atoms. The van der Waals surface area contributed by atoms with E-state index in [-0.39, 0.29) is 11.7 Å². The van der Waals surface area contributed by atoms with Crippen molar-refractivity contribution < 1.29 is 13.2 Å². The quantitative estimate of drug-likeness (QED) is 0.848. The summed E-state index contributed by atoms with van der Waals surface area (Å²) in [6.07, 6.45) is -4.70. The summed E-state index contributed by atoms with van der Waals surface area (Å²) in [4.78, 5) is 0. The van der Waals surface area contributed by atoms with Crippen LogP contribution in [0, 0.1) is 11.3 Å². The number of nitrogens with zero attached hydrogens (tertiary/aromatic N) is 3. The summed E-state index contributed by atoms with van der Waals surface area (Å²) in [6, 6.07) is 10.2. The number of alkyl halides is 3. The molecule has 0 aliphatic carbocycles. The lowest BCUT2D eigenvalue weighted by molar-refractivity contribution is -0.141. The molecule has 98 valence electrons. The number of halogens is 4. The second-order valence-electron chi connectivity index (χ2n) is 3.77. The van der Waals surface area contributed by atoms with Gasteiger partial charge in [0.2, 0.25) is 0 Å². The lowest BCUT2D eigenvalue weighted by Crippen LogP contribution is -2.09. The van der Waals surface area contributed by atoms with Crippen molar-refractivity contribution in [1.29, 1.82) is 5.26 Å². The Bertz CT molecular complexity index is 626. The van der Waals surface area contributed by atoms with Crippen LogP contribution in [0.1, 0.15) is 16.8 Å². The third-order valence-corrected chi connectivity index (χ3v) is 2.83. The van der Waals surface area contributed by atoms with E-state index in [1.807, 2.05) is 0 Å². The summed E-state index contributed by atoms with van der Waals surface area (Å²) >= 11 is 5.76. The maximum Gasteiger partial charge on any atom is 0.436 e. The highest BCUT2D eigenvalue weighted by molar-refractivity contribution is 6.30. The zero-order valence-electron chi connectivity index (χ0n) is 9.45. The van der Waals surface area contributed by atoms with Gasteiger partial charge in [-0.05, 0) is 5.56 Å². The second kappa shape index (κ2) is 4.94. The molecule has 1 heterocycles. The van der Waals surface area contributed by atoms with E-state index >= 15 is 0 Å². The molecular weight excluding hydrogens is 279 g/mol. The number of benzene rings is 1. The highest BCUT2D eigenvalue weighted by Crippen LogP contribution is 2.34. The van der Waals surface area contributed by atoms with Crippen molar-refractivity contribution in [2.75, 3.05) is 0 Å². The minimum Gasteiger partial charge on any atom is -0.248 e. The van der Waals surface area contributed by atoms with Crippen LogP contribution in [0.25, 0.3) is 0 Å². The molecular formula is C12H7ClF3N3. The van der Waals surface area contributed by atoms with Gasteiger partial charge in [0, 0.05) is 0 Å². The number of nitriles is 1. The van der Waals surface area contributed by atoms with Gasteiger partial charge in [-0.3, -0.25) is 0 Å². The zero-order valence-corrected chi connectivity index (χ0v) is 10.2. The van der Waals surface area contributed by atoms with Crippen molar-refractivity contribution in [2.45, 2.75) is 12.7 Å². The van der Waals surface area contributed by atoms with Gasteiger partial charge in [-0.25, -0.2) is 4.68 Å². The van der Waals surface area contributed by atoms with Crippen LogP contribution < -0.4 is 0 Å². The van der Waals surface area contributed by atoms with Gasteiger partial charge < -0.3 is 0 Å². The van der Waals surface area contributed by atoms with Gasteiger partial charge in [-0.2, -0.15) is 23.5 Å². The molecule has 1 aromatic carbocycles. The lowest BCUT2D eigenvalue weighted by Gasteiger charge is -2.03. The van der Waals surface area contributed by atoms with Crippen LogP contribution in [-0.4, -0.2) is 9.78 Å². The van der Waals surface area contributed by atoms with Crippen molar-refractivity contribution >= 4 is 11.6 Å². The van der Waals surface area contributed by atoms with Gasteiger partial charge in [0.05, 0.1) is 6.54 Å². The third-order valence-electron chi connectivity index (χ3n) is 2.45. The topological polar surface area (TPSA) is 41.6 Å². The van der Waals surface area contributed by atoms with Crippen LogP contribution in [0.5, 0.6) is 0 Å². The predicted molar refractivity (Wildman–Crippen MR) is 62.5 cm³/mol. The van der Waals surface area contributed by atoms with Crippen molar-refractivity contribution in [3.05, 3.63) is 52.3 Å². The molecule has 7 heteroatoms. The van der Waals surface area contributed by atoms with Gasteiger partial charge in [-0.1, -0.05) is 41.9 Å². The van der Waals surface area contributed by atoms with E-state index in [9.17, 15) is 13.2 Å². The maximum absolute atomic E-state index is 12.7. The Kier molecular flexibility index (Phi) is 3.49. The van der Waals surface area contributed by atoms with E-state index < -0.39 is 17.4 Å². The Balaban J connectivity index is 2.44. The fourth-order valence-electron chi connectivity index (χ4n) is 1.60. The summed E-state index contributed by atoms with van der Waals surface area (Å²) in [5, 5.41) is 11.8. The van der Waals surface area contributed by atoms with Crippen LogP contribution in [0.4, 0.5) is 13.2 Å². The van der Waals surface area contributed by atoms with Crippen LogP contribution in [0.3, 0.4) is 0 Å². The van der Waals surface area contributed by atoms with Gasteiger partial charge in [-0.15, -0.1) is 0 Å². The van der Waals surface area contributed by atoms with Crippen molar-refractivity contribution in [1.82, 2.24) is 9.78 Å². The van der Waals surface area contributed by atoms with Crippen LogP contribution >= 0.6 is 11.6 Å². The first-order valence-electron chi connectivity index (χ1n) is 5.21. The summed E-state index contributed by atoms with van der Waals surface area (Å²) in [7, 11) is 0. The largest absolute Gasteiger partial charge is 0.436 e. The van der Waals surface area contributed by atoms with E-state index in [4.69, 9.17) is 16.9 Å². The predicted octanol–water partition coefficient (Wildman–Crippen LogP) is 3.48. The van der Waals surface area contributed by atoms with E-state index in [1.165, 1.54) is 6.07 Å². The van der Waals surface area contributed by atoms with Crippen molar-refractivity contribution in [3.8, 4) is 6.07 Å². The molecule has 1 aromatic heterocycles. The van der Waals surface area contributed by atoms with Gasteiger partial charge in [0.25, 0.3) is 0 Å². The molecule has 0 aliphatic heterocycles. The average molecular weight is 286 g/mol. The molecule has 2 rings (SSSR count). The first kappa shape index (κ1) is 13.4. The SMILES string of the molecule is N#Cc1c(C(F)(F)F)nn(Cc2ccccc2)c1Cl. The minimum atomic E-state index is -4.70. The molecule has 0 aliphatic rings. The van der Waals surface area contributed by atoms with E-state index in [0.29, 0.717) is 0 Å². The molecule has 0 unspecified atom stereocenters. The molecule has 0 amide bonds. The van der Waals surface area contributed by atoms with Crippen LogP contribution in [-0.2, 0) is 12.7 Å². The van der Waals surface area contributed by atoms with Gasteiger partial charge in [0.1, 0.15) is 16.8 Å². The molecule has 0 atom stereocenters. The summed E-state index contributed by atoms with van der Waals surface area (Å²) in [5.41, 5.74) is -1.16. The van der Waals surface area contributed by atoms with Gasteiger partial charge in [0.15, 0.2) is 5.69 Å². The maximum atomic E-state index is 12.7. The fourth-order valence-corrected chi connectivity index (χ4v) is 1.83. The first-order valence-corrected chi connectivity index (χ1v) is 5.59. The van der Waals surface area contributed by atoms with E-state index in [0.717, 1.165) is 10.2 Å². The Labute approximate surface area is 111 Å². The summed E-state index contributed by atoms with van der Waals surface area (Å²) in [6.45, 7) is 0.0738. The second-order valence-corrected chi connectivity index (χ2v) is 4.13. The van der Waals surface area contributed by atoms with Crippen molar-refractivity contribution in [3.63, 3.8) is 0 Å². The van der Waals surface area contributed by atoms with E-state index in [1.54, 1.807) is 30.3 Å². The Hall–Kier alpha value is -2.00. The minimum absolute atomic E-state index is 0.0738. The molecule has 3 nitrogen and oxygen atoms in total. The number of aromatic nitrogens is 2. The number of hydrogen-bond acceptors (Lipinski definition) is 2. The monoisotopic (exact) mass is 285 g/mol. The van der Waals surface area contributed by atoms with Crippen LogP contribution in [0.2, 0.25) is 5.15 Å². The normalized spacial score (nSPS) is 11.3. The Morgan fingerprint density at radius 2 is 1.89 bits per heavy atom. The third kappa shape index (κ3) is 2.71. The standard InChI is InChI=1S/C12H7ClF3N3/c13-11-9(6-17)10(12(14,15)16)18-19(11)7-8-4-2-1-3-5-8/h1-5H,7H2. The zero-order chi connectivity index (χ0) is 14.0. The molecule has 0 radical (unpaired) electrons. The average Bonchev–Trinajstić information content (AvgIpc) is 2.67. The van der Waals surface area contributed by atoms with Crippen molar-refractivity contribution in [2.24, 2.45) is 0 Å². The summed E-state index contributed by atoms with van der Waals surface area (Å²) in [5.74, 6) is 0. The van der Waals surface area contributed by atoms with Gasteiger partial charge >= 0.3 is 6.18 Å². The molecule has 0 N–H and O–H groups in total. The fraction of sp³-hybridized carbons (Fsp3) is 0.167. The van der Waals surface area contributed by atoms with E-state index in [2.05, 4.69) is 5.10 Å². The number of hydrogen-bond donors (Lipinski definition) is 0. The highest BCUT2D eigenvalue weighted by Gasteiger charge is 2.39. The first-order chi connectivity index (χ1) is 8.93. The molecule has 19 heavy (non-hydrogen) atoms. The summed E-state index contributed by atoms with van der Waals surface area (Å²) < 4.78 is 39.0. The Morgan fingerprint density at radius 1 is 1.26 bits per heavy atom. The Morgan fingerprint density at radius 3 is 2.37 bits per heavy atom. The molecule has 0 saturated carbocycles. The number of rotatable bonds is 2.